The van der Waals surface area contributed by atoms with E-state index in [1.807, 2.05) is 24.3 Å². The van der Waals surface area contributed by atoms with E-state index in [9.17, 15) is 19.5 Å². The number of fused-ring (bicyclic) bond motifs is 1. The van der Waals surface area contributed by atoms with Gasteiger partial charge in [0.2, 0.25) is 11.8 Å². The fourth-order valence-electron chi connectivity index (χ4n) is 3.64. The Bertz CT molecular complexity index is 900. The number of rotatable bonds is 8. The highest BCUT2D eigenvalue weighted by Crippen LogP contribution is 2.26. The van der Waals surface area contributed by atoms with Gasteiger partial charge in [0.15, 0.2) is 0 Å². The summed E-state index contributed by atoms with van der Waals surface area (Å²) in [5.74, 6) is -1.41. The molecule has 2 aromatic rings. The van der Waals surface area contributed by atoms with Crippen molar-refractivity contribution in [2.75, 3.05) is 7.11 Å². The lowest BCUT2D eigenvalue weighted by Crippen LogP contribution is -2.52. The summed E-state index contributed by atoms with van der Waals surface area (Å²) in [4.78, 5) is 36.7. The molecule has 158 valence electrons. The van der Waals surface area contributed by atoms with Crippen molar-refractivity contribution in [1.82, 2.24) is 10.6 Å². The molecule has 0 radical (unpaired) electrons. The second-order valence-electron chi connectivity index (χ2n) is 7.56. The summed E-state index contributed by atoms with van der Waals surface area (Å²) in [6.45, 7) is 1.56. The molecular formula is C23H26N2O5. The average molecular weight is 410 g/mol. The summed E-state index contributed by atoms with van der Waals surface area (Å²) in [7, 11) is 1.55. The maximum absolute atomic E-state index is 12.6. The summed E-state index contributed by atoms with van der Waals surface area (Å²) in [6.07, 6.45) is 1.42. The van der Waals surface area contributed by atoms with Gasteiger partial charge in [-0.3, -0.25) is 9.59 Å². The predicted octanol–water partition coefficient (Wildman–Crippen LogP) is 1.73. The van der Waals surface area contributed by atoms with Crippen molar-refractivity contribution < 1.29 is 24.2 Å². The minimum absolute atomic E-state index is 0.129. The van der Waals surface area contributed by atoms with E-state index in [0.717, 1.165) is 16.7 Å². The van der Waals surface area contributed by atoms with Crippen molar-refractivity contribution in [2.45, 2.75) is 38.3 Å². The van der Waals surface area contributed by atoms with Crippen LogP contribution in [-0.2, 0) is 33.6 Å². The number of nitrogens with one attached hydrogen (secondary N) is 2. The standard InChI is InChI=1S/C23H26N2O5/c1-14(24-22(27)18-12-16-5-3-4-6-17(16)13-18)21(26)25-20(23(28)29)11-15-7-9-19(30-2)10-8-15/h3-10,14,18,20H,11-13H2,1-2H3,(H,24,27)(H,25,26)(H,28,29). The highest BCUT2D eigenvalue weighted by Gasteiger charge is 2.30. The lowest BCUT2D eigenvalue weighted by atomic mass is 10.0. The van der Waals surface area contributed by atoms with Gasteiger partial charge in [-0.1, -0.05) is 36.4 Å². The van der Waals surface area contributed by atoms with Crippen LogP contribution in [0.25, 0.3) is 0 Å². The Kier molecular flexibility index (Phi) is 6.72. The summed E-state index contributed by atoms with van der Waals surface area (Å²) < 4.78 is 5.09. The Morgan fingerprint density at radius 1 is 1.03 bits per heavy atom. The SMILES string of the molecule is COc1ccc(CC(NC(=O)C(C)NC(=O)C2Cc3ccccc3C2)C(=O)O)cc1. The molecule has 7 nitrogen and oxygen atoms in total. The van der Waals surface area contributed by atoms with Crippen molar-refractivity contribution >= 4 is 17.8 Å². The van der Waals surface area contributed by atoms with E-state index in [1.165, 1.54) is 0 Å². The maximum atomic E-state index is 12.6. The van der Waals surface area contributed by atoms with Crippen LogP contribution in [-0.4, -0.2) is 42.1 Å². The van der Waals surface area contributed by atoms with Crippen molar-refractivity contribution in [1.29, 1.82) is 0 Å². The van der Waals surface area contributed by atoms with Gasteiger partial charge in [-0.15, -0.1) is 0 Å². The van der Waals surface area contributed by atoms with Crippen molar-refractivity contribution in [3.8, 4) is 5.75 Å². The quantitative estimate of drug-likeness (QED) is 0.615. The van der Waals surface area contributed by atoms with Crippen LogP contribution in [0, 0.1) is 5.92 Å². The molecule has 2 atom stereocenters. The third kappa shape index (κ3) is 5.17. The summed E-state index contributed by atoms with van der Waals surface area (Å²) in [5, 5.41) is 14.7. The summed E-state index contributed by atoms with van der Waals surface area (Å²) in [5.41, 5.74) is 3.06. The first-order valence-electron chi connectivity index (χ1n) is 9.90. The van der Waals surface area contributed by atoms with Crippen LogP contribution in [0.15, 0.2) is 48.5 Å². The van der Waals surface area contributed by atoms with Crippen LogP contribution in [0.2, 0.25) is 0 Å². The number of carbonyl (C=O) groups excluding carboxylic acids is 2. The van der Waals surface area contributed by atoms with Crippen LogP contribution in [0.5, 0.6) is 5.75 Å². The molecule has 1 aliphatic carbocycles. The van der Waals surface area contributed by atoms with E-state index >= 15 is 0 Å². The maximum Gasteiger partial charge on any atom is 0.326 e. The minimum Gasteiger partial charge on any atom is -0.497 e. The summed E-state index contributed by atoms with van der Waals surface area (Å²) in [6, 6.07) is 13.0. The first kappa shape index (κ1) is 21.4. The van der Waals surface area contributed by atoms with E-state index in [2.05, 4.69) is 10.6 Å². The van der Waals surface area contributed by atoms with Gasteiger partial charge in [0.25, 0.3) is 0 Å². The van der Waals surface area contributed by atoms with Crippen molar-refractivity contribution in [3.63, 3.8) is 0 Å². The zero-order valence-corrected chi connectivity index (χ0v) is 17.1. The third-order valence-electron chi connectivity index (χ3n) is 5.39. The van der Waals surface area contributed by atoms with Crippen LogP contribution in [0.4, 0.5) is 0 Å². The molecule has 2 unspecified atom stereocenters. The molecule has 0 saturated carbocycles. The Hall–Kier alpha value is -3.35. The van der Waals surface area contributed by atoms with Crippen molar-refractivity contribution in [2.24, 2.45) is 5.92 Å². The fraction of sp³-hybridized carbons (Fsp3) is 0.348. The topological polar surface area (TPSA) is 105 Å². The molecule has 0 fully saturated rings. The smallest absolute Gasteiger partial charge is 0.326 e. The van der Waals surface area contributed by atoms with E-state index in [0.29, 0.717) is 18.6 Å². The van der Waals surface area contributed by atoms with Crippen LogP contribution in [0.1, 0.15) is 23.6 Å². The van der Waals surface area contributed by atoms with Gasteiger partial charge in [0.05, 0.1) is 7.11 Å². The number of amides is 2. The molecule has 0 aliphatic heterocycles. The molecule has 0 bridgehead atoms. The van der Waals surface area contributed by atoms with Crippen LogP contribution >= 0.6 is 0 Å². The third-order valence-corrected chi connectivity index (χ3v) is 5.39. The van der Waals surface area contributed by atoms with Crippen molar-refractivity contribution in [3.05, 3.63) is 65.2 Å². The molecule has 3 rings (SSSR count). The number of carboxylic acid groups (broad SMARTS) is 1. The van der Waals surface area contributed by atoms with Gasteiger partial charge in [0.1, 0.15) is 17.8 Å². The molecule has 7 heteroatoms. The van der Waals surface area contributed by atoms with Crippen LogP contribution in [0.3, 0.4) is 0 Å². The van der Waals surface area contributed by atoms with Crippen LogP contribution < -0.4 is 15.4 Å². The number of carbonyl (C=O) groups is 3. The van der Waals surface area contributed by atoms with Gasteiger partial charge < -0.3 is 20.5 Å². The lowest BCUT2D eigenvalue weighted by molar-refractivity contribution is -0.142. The molecule has 2 aromatic carbocycles. The zero-order chi connectivity index (χ0) is 21.7. The second kappa shape index (κ2) is 9.43. The molecule has 0 spiro atoms. The van der Waals surface area contributed by atoms with E-state index < -0.39 is 24.0 Å². The zero-order valence-electron chi connectivity index (χ0n) is 17.1. The van der Waals surface area contributed by atoms with E-state index in [4.69, 9.17) is 4.74 Å². The Morgan fingerprint density at radius 3 is 2.17 bits per heavy atom. The van der Waals surface area contributed by atoms with E-state index in [-0.39, 0.29) is 18.2 Å². The normalized spacial score (nSPS) is 15.0. The first-order valence-corrected chi connectivity index (χ1v) is 9.90. The molecular weight excluding hydrogens is 384 g/mol. The molecule has 0 saturated heterocycles. The number of ether oxygens (including phenoxy) is 1. The van der Waals surface area contributed by atoms with Gasteiger partial charge in [-0.05, 0) is 48.6 Å². The highest BCUT2D eigenvalue weighted by molar-refractivity contribution is 5.91. The fourth-order valence-corrected chi connectivity index (χ4v) is 3.64. The highest BCUT2D eigenvalue weighted by atomic mass is 16.5. The number of aliphatic carboxylic acids is 1. The molecule has 30 heavy (non-hydrogen) atoms. The monoisotopic (exact) mass is 410 g/mol. The Labute approximate surface area is 175 Å². The van der Waals surface area contributed by atoms with Gasteiger partial charge >= 0.3 is 5.97 Å². The second-order valence-corrected chi connectivity index (χ2v) is 7.56. The average Bonchev–Trinajstić information content (AvgIpc) is 3.18. The molecule has 0 heterocycles. The van der Waals surface area contributed by atoms with Gasteiger partial charge in [-0.25, -0.2) is 4.79 Å². The Morgan fingerprint density at radius 2 is 1.63 bits per heavy atom. The number of hydrogen-bond acceptors (Lipinski definition) is 4. The Balaban J connectivity index is 1.54. The molecule has 2 amide bonds. The summed E-state index contributed by atoms with van der Waals surface area (Å²) >= 11 is 0. The predicted molar refractivity (Wildman–Crippen MR) is 111 cm³/mol. The lowest BCUT2D eigenvalue weighted by Gasteiger charge is -2.20. The van der Waals surface area contributed by atoms with Gasteiger partial charge in [0, 0.05) is 12.3 Å². The number of carboxylic acids is 1. The molecule has 0 aromatic heterocycles. The number of benzene rings is 2. The van der Waals surface area contributed by atoms with E-state index in [1.54, 1.807) is 38.3 Å². The minimum atomic E-state index is -1.14. The molecule has 1 aliphatic rings. The molecule has 3 N–H and O–H groups in total. The first-order chi connectivity index (χ1) is 14.4. The van der Waals surface area contributed by atoms with Gasteiger partial charge in [-0.2, -0.15) is 0 Å². The number of methoxy groups -OCH3 is 1. The largest absolute Gasteiger partial charge is 0.497 e. The number of hydrogen-bond donors (Lipinski definition) is 3.